The van der Waals surface area contributed by atoms with E-state index in [0.29, 0.717) is 0 Å². The average Bonchev–Trinajstić information content (AvgIpc) is 2.80. The SMILES string of the molecule is CC(C)(C)OC(=O)/C=C/[C@H](CO)NC(=O)[C@H](Cc1ccccc1)NC(=O)OCc1ccccc1. The molecule has 2 atom stereocenters. The van der Waals surface area contributed by atoms with E-state index < -0.39 is 42.3 Å². The van der Waals surface area contributed by atoms with Gasteiger partial charge < -0.3 is 25.2 Å². The Kier molecular flexibility index (Phi) is 10.3. The Labute approximate surface area is 200 Å². The Balaban J connectivity index is 2.03. The highest BCUT2D eigenvalue weighted by molar-refractivity contribution is 5.87. The lowest BCUT2D eigenvalue weighted by atomic mass is 10.0. The normalized spacial score (nSPS) is 13.1. The third kappa shape index (κ3) is 10.3. The van der Waals surface area contributed by atoms with Gasteiger partial charge in [0, 0.05) is 12.5 Å². The summed E-state index contributed by atoms with van der Waals surface area (Å²) >= 11 is 0. The van der Waals surface area contributed by atoms with Gasteiger partial charge in [0.25, 0.3) is 0 Å². The predicted octanol–water partition coefficient (Wildman–Crippen LogP) is 2.90. The van der Waals surface area contributed by atoms with E-state index in [1.54, 1.807) is 20.8 Å². The average molecular weight is 469 g/mol. The van der Waals surface area contributed by atoms with Gasteiger partial charge in [-0.2, -0.15) is 0 Å². The van der Waals surface area contributed by atoms with Crippen LogP contribution < -0.4 is 10.6 Å². The summed E-state index contributed by atoms with van der Waals surface area (Å²) in [5, 5.41) is 14.9. The molecular formula is C26H32N2O6. The fourth-order valence-corrected chi connectivity index (χ4v) is 2.93. The van der Waals surface area contributed by atoms with Gasteiger partial charge in [0.05, 0.1) is 12.6 Å². The van der Waals surface area contributed by atoms with Crippen molar-refractivity contribution >= 4 is 18.0 Å². The number of aliphatic hydroxyl groups is 1. The number of amides is 2. The fourth-order valence-electron chi connectivity index (χ4n) is 2.93. The molecule has 0 aromatic heterocycles. The molecule has 0 unspecified atom stereocenters. The summed E-state index contributed by atoms with van der Waals surface area (Å²) in [6, 6.07) is 16.6. The number of esters is 1. The molecule has 182 valence electrons. The number of carbonyl (C=O) groups excluding carboxylic acids is 3. The largest absolute Gasteiger partial charge is 0.457 e. The Hall–Kier alpha value is -3.65. The van der Waals surface area contributed by atoms with Crippen LogP contribution >= 0.6 is 0 Å². The molecule has 2 aromatic carbocycles. The topological polar surface area (TPSA) is 114 Å². The van der Waals surface area contributed by atoms with Crippen molar-refractivity contribution in [2.75, 3.05) is 6.61 Å². The van der Waals surface area contributed by atoms with Gasteiger partial charge in [-0.25, -0.2) is 9.59 Å². The number of rotatable bonds is 10. The number of hydrogen-bond donors (Lipinski definition) is 3. The number of carbonyl (C=O) groups is 3. The Morgan fingerprint density at radius 1 is 0.941 bits per heavy atom. The van der Waals surface area contributed by atoms with Crippen molar-refractivity contribution in [3.63, 3.8) is 0 Å². The van der Waals surface area contributed by atoms with Crippen LogP contribution in [0.25, 0.3) is 0 Å². The van der Waals surface area contributed by atoms with Gasteiger partial charge in [0.1, 0.15) is 18.2 Å². The van der Waals surface area contributed by atoms with E-state index in [2.05, 4.69) is 10.6 Å². The molecule has 2 aromatic rings. The Morgan fingerprint density at radius 2 is 1.53 bits per heavy atom. The van der Waals surface area contributed by atoms with Crippen molar-refractivity contribution in [2.24, 2.45) is 0 Å². The summed E-state index contributed by atoms with van der Waals surface area (Å²) in [5.41, 5.74) is 0.981. The van der Waals surface area contributed by atoms with Crippen molar-refractivity contribution in [3.8, 4) is 0 Å². The first-order valence-corrected chi connectivity index (χ1v) is 11.0. The maximum absolute atomic E-state index is 13.0. The smallest absolute Gasteiger partial charge is 0.408 e. The van der Waals surface area contributed by atoms with Crippen LogP contribution in [0.15, 0.2) is 72.8 Å². The molecule has 8 heteroatoms. The first-order chi connectivity index (χ1) is 16.2. The van der Waals surface area contributed by atoms with Gasteiger partial charge >= 0.3 is 12.1 Å². The fraction of sp³-hybridized carbons (Fsp3) is 0.346. The molecule has 0 radical (unpaired) electrons. The van der Waals surface area contributed by atoms with Crippen LogP contribution in [0, 0.1) is 0 Å². The highest BCUT2D eigenvalue weighted by atomic mass is 16.6. The molecule has 34 heavy (non-hydrogen) atoms. The zero-order valence-corrected chi connectivity index (χ0v) is 19.7. The van der Waals surface area contributed by atoms with E-state index in [1.165, 1.54) is 6.08 Å². The molecule has 0 saturated heterocycles. The predicted molar refractivity (Wildman–Crippen MR) is 128 cm³/mol. The van der Waals surface area contributed by atoms with E-state index in [4.69, 9.17) is 9.47 Å². The lowest BCUT2D eigenvalue weighted by molar-refractivity contribution is -0.148. The van der Waals surface area contributed by atoms with Gasteiger partial charge in [-0.15, -0.1) is 0 Å². The van der Waals surface area contributed by atoms with Crippen molar-refractivity contribution in [1.82, 2.24) is 10.6 Å². The van der Waals surface area contributed by atoms with E-state index in [-0.39, 0.29) is 13.0 Å². The second-order valence-electron chi connectivity index (χ2n) is 8.64. The second kappa shape index (κ2) is 13.2. The zero-order valence-electron chi connectivity index (χ0n) is 19.7. The Morgan fingerprint density at radius 3 is 2.09 bits per heavy atom. The number of alkyl carbamates (subject to hydrolysis) is 1. The van der Waals surface area contributed by atoms with E-state index in [1.807, 2.05) is 60.7 Å². The number of nitrogens with one attached hydrogen (secondary N) is 2. The third-order valence-electron chi connectivity index (χ3n) is 4.50. The molecule has 0 aliphatic carbocycles. The molecule has 0 aliphatic heterocycles. The van der Waals surface area contributed by atoms with Gasteiger partial charge in [-0.1, -0.05) is 66.7 Å². The van der Waals surface area contributed by atoms with Crippen LogP contribution in [-0.2, 0) is 32.1 Å². The van der Waals surface area contributed by atoms with Crippen LogP contribution in [0.4, 0.5) is 4.79 Å². The lowest BCUT2D eigenvalue weighted by Crippen LogP contribution is -2.51. The molecule has 2 rings (SSSR count). The molecule has 0 fully saturated rings. The summed E-state index contributed by atoms with van der Waals surface area (Å²) < 4.78 is 10.4. The molecule has 0 aliphatic rings. The molecule has 0 spiro atoms. The van der Waals surface area contributed by atoms with Crippen LogP contribution in [0.3, 0.4) is 0 Å². The maximum Gasteiger partial charge on any atom is 0.408 e. The quantitative estimate of drug-likeness (QED) is 0.365. The third-order valence-corrected chi connectivity index (χ3v) is 4.50. The van der Waals surface area contributed by atoms with Crippen LogP contribution in [-0.4, -0.2) is 47.4 Å². The van der Waals surface area contributed by atoms with E-state index >= 15 is 0 Å². The summed E-state index contributed by atoms with van der Waals surface area (Å²) in [6.07, 6.45) is 1.96. The minimum atomic E-state index is -0.963. The molecule has 2 amide bonds. The van der Waals surface area contributed by atoms with E-state index in [9.17, 15) is 19.5 Å². The Bertz CT molecular complexity index is 954. The lowest BCUT2D eigenvalue weighted by Gasteiger charge is -2.21. The van der Waals surface area contributed by atoms with Crippen molar-refractivity contribution < 1.29 is 29.0 Å². The van der Waals surface area contributed by atoms with Gasteiger partial charge in [0.2, 0.25) is 5.91 Å². The zero-order chi connectivity index (χ0) is 25.0. The molecule has 3 N–H and O–H groups in total. The summed E-state index contributed by atoms with van der Waals surface area (Å²) in [6.45, 7) is 4.83. The standard InChI is InChI=1S/C26H32N2O6/c1-26(2,3)34-23(30)15-14-21(17-29)27-24(31)22(16-19-10-6-4-7-11-19)28-25(32)33-18-20-12-8-5-9-13-20/h4-15,21-22,29H,16-18H2,1-3H3,(H,27,31)(H,28,32)/b15-14+/t21-,22+/m1/s1. The molecule has 8 nitrogen and oxygen atoms in total. The van der Waals surface area contributed by atoms with Gasteiger partial charge in [-0.05, 0) is 31.9 Å². The van der Waals surface area contributed by atoms with Crippen LogP contribution in [0.1, 0.15) is 31.9 Å². The summed E-state index contributed by atoms with van der Waals surface area (Å²) in [4.78, 5) is 37.2. The minimum Gasteiger partial charge on any atom is -0.457 e. The highest BCUT2D eigenvalue weighted by Crippen LogP contribution is 2.08. The first kappa shape index (κ1) is 26.6. The maximum atomic E-state index is 13.0. The monoisotopic (exact) mass is 468 g/mol. The minimum absolute atomic E-state index is 0.0598. The number of aliphatic hydroxyl groups excluding tert-OH is 1. The second-order valence-corrected chi connectivity index (χ2v) is 8.64. The van der Waals surface area contributed by atoms with Crippen LogP contribution in [0.2, 0.25) is 0 Å². The molecular weight excluding hydrogens is 436 g/mol. The first-order valence-electron chi connectivity index (χ1n) is 11.0. The number of hydrogen-bond acceptors (Lipinski definition) is 6. The van der Waals surface area contributed by atoms with Gasteiger partial charge in [0.15, 0.2) is 0 Å². The van der Waals surface area contributed by atoms with Crippen molar-refractivity contribution in [3.05, 3.63) is 83.9 Å². The van der Waals surface area contributed by atoms with E-state index in [0.717, 1.165) is 17.2 Å². The summed E-state index contributed by atoms with van der Waals surface area (Å²) in [5.74, 6) is -1.13. The van der Waals surface area contributed by atoms with Gasteiger partial charge in [-0.3, -0.25) is 4.79 Å². The van der Waals surface area contributed by atoms with Crippen LogP contribution in [0.5, 0.6) is 0 Å². The number of ether oxygens (including phenoxy) is 2. The number of benzene rings is 2. The molecule has 0 heterocycles. The molecule has 0 saturated carbocycles. The highest BCUT2D eigenvalue weighted by Gasteiger charge is 2.24. The summed E-state index contributed by atoms with van der Waals surface area (Å²) in [7, 11) is 0. The molecule has 0 bridgehead atoms. The van der Waals surface area contributed by atoms with Crippen molar-refractivity contribution in [1.29, 1.82) is 0 Å². The van der Waals surface area contributed by atoms with Crippen molar-refractivity contribution in [2.45, 2.75) is 51.5 Å².